The van der Waals surface area contributed by atoms with Crippen molar-refractivity contribution in [1.82, 2.24) is 0 Å². The SMILES string of the molecule is COc1c(NCC=C(C)C)sc(C(=O)C2CC2)c1N. The highest BCUT2D eigenvalue weighted by molar-refractivity contribution is 7.19. The summed E-state index contributed by atoms with van der Waals surface area (Å²) >= 11 is 1.40. The maximum absolute atomic E-state index is 12.1. The fraction of sp³-hybridized carbons (Fsp3) is 0.500. The Balaban J connectivity index is 2.20. The summed E-state index contributed by atoms with van der Waals surface area (Å²) in [5.74, 6) is 0.934. The summed E-state index contributed by atoms with van der Waals surface area (Å²) in [6.45, 7) is 4.79. The van der Waals surface area contributed by atoms with Gasteiger partial charge in [-0.1, -0.05) is 11.6 Å². The van der Waals surface area contributed by atoms with Gasteiger partial charge in [-0.3, -0.25) is 4.79 Å². The molecule has 5 heteroatoms. The maximum Gasteiger partial charge on any atom is 0.178 e. The number of hydrogen-bond donors (Lipinski definition) is 2. The zero-order chi connectivity index (χ0) is 14.0. The van der Waals surface area contributed by atoms with Crippen LogP contribution in [0.3, 0.4) is 0 Å². The van der Waals surface area contributed by atoms with Gasteiger partial charge in [-0.15, -0.1) is 11.3 Å². The van der Waals surface area contributed by atoms with E-state index in [1.165, 1.54) is 16.9 Å². The van der Waals surface area contributed by atoms with Crippen molar-refractivity contribution in [2.75, 3.05) is 24.7 Å². The average molecular weight is 280 g/mol. The van der Waals surface area contributed by atoms with Gasteiger partial charge in [0, 0.05) is 12.5 Å². The molecule has 1 aliphatic carbocycles. The van der Waals surface area contributed by atoms with Crippen LogP contribution in [0.25, 0.3) is 0 Å². The van der Waals surface area contributed by atoms with Crippen molar-refractivity contribution in [1.29, 1.82) is 0 Å². The lowest BCUT2D eigenvalue weighted by molar-refractivity contribution is 0.0972. The number of anilines is 2. The van der Waals surface area contributed by atoms with Gasteiger partial charge in [-0.05, 0) is 26.7 Å². The largest absolute Gasteiger partial charge is 0.492 e. The summed E-state index contributed by atoms with van der Waals surface area (Å²) in [6.07, 6.45) is 4.05. The molecule has 2 rings (SSSR count). The topological polar surface area (TPSA) is 64.3 Å². The van der Waals surface area contributed by atoms with Crippen LogP contribution in [0.1, 0.15) is 36.4 Å². The van der Waals surface area contributed by atoms with E-state index in [-0.39, 0.29) is 11.7 Å². The predicted molar refractivity (Wildman–Crippen MR) is 80.3 cm³/mol. The number of thiophene rings is 1. The lowest BCUT2D eigenvalue weighted by Crippen LogP contribution is -2.02. The summed E-state index contributed by atoms with van der Waals surface area (Å²) < 4.78 is 5.31. The number of rotatable bonds is 6. The molecule has 0 aliphatic heterocycles. The summed E-state index contributed by atoms with van der Waals surface area (Å²) in [5, 5.41) is 4.09. The summed E-state index contributed by atoms with van der Waals surface area (Å²) in [7, 11) is 1.58. The molecule has 1 aromatic rings. The van der Waals surface area contributed by atoms with Crippen molar-refractivity contribution in [3.63, 3.8) is 0 Å². The molecule has 0 bridgehead atoms. The molecule has 104 valence electrons. The van der Waals surface area contributed by atoms with Crippen LogP contribution in [0, 0.1) is 5.92 Å². The van der Waals surface area contributed by atoms with Crippen LogP contribution < -0.4 is 15.8 Å². The monoisotopic (exact) mass is 280 g/mol. The summed E-state index contributed by atoms with van der Waals surface area (Å²) in [5.41, 5.74) is 7.74. The Bertz CT molecular complexity index is 512. The van der Waals surface area contributed by atoms with Crippen LogP contribution >= 0.6 is 11.3 Å². The number of nitrogen functional groups attached to an aromatic ring is 1. The highest BCUT2D eigenvalue weighted by Crippen LogP contribution is 2.45. The molecule has 0 amide bonds. The summed E-state index contributed by atoms with van der Waals surface area (Å²) in [4.78, 5) is 12.8. The molecule has 0 unspecified atom stereocenters. The third kappa shape index (κ3) is 3.10. The van der Waals surface area contributed by atoms with E-state index in [1.807, 2.05) is 13.8 Å². The van der Waals surface area contributed by atoms with E-state index in [9.17, 15) is 4.79 Å². The Hall–Kier alpha value is -1.49. The van der Waals surface area contributed by atoms with Gasteiger partial charge in [0.05, 0.1) is 17.7 Å². The second-order valence-corrected chi connectivity index (χ2v) is 6.03. The Kier molecular flexibility index (Phi) is 4.14. The highest BCUT2D eigenvalue weighted by atomic mass is 32.1. The molecule has 0 saturated heterocycles. The van der Waals surface area contributed by atoms with Crippen LogP contribution in [0.2, 0.25) is 0 Å². The zero-order valence-corrected chi connectivity index (χ0v) is 12.4. The van der Waals surface area contributed by atoms with Crippen molar-refractivity contribution in [3.05, 3.63) is 16.5 Å². The number of nitrogens with one attached hydrogen (secondary N) is 1. The van der Waals surface area contributed by atoms with Gasteiger partial charge in [-0.25, -0.2) is 0 Å². The van der Waals surface area contributed by atoms with Crippen LogP contribution in [0.5, 0.6) is 5.75 Å². The van der Waals surface area contributed by atoms with Crippen LogP contribution in [-0.2, 0) is 0 Å². The predicted octanol–water partition coefficient (Wildman–Crippen LogP) is 3.31. The third-order valence-corrected chi connectivity index (χ3v) is 4.21. The third-order valence-electron chi connectivity index (χ3n) is 3.05. The van der Waals surface area contributed by atoms with Gasteiger partial charge < -0.3 is 15.8 Å². The molecule has 0 atom stereocenters. The molecular formula is C14H20N2O2S. The number of Topliss-reactive ketones (excluding diaryl/α,β-unsaturated/α-hetero) is 1. The molecule has 0 aromatic carbocycles. The number of carbonyl (C=O) groups is 1. The van der Waals surface area contributed by atoms with E-state index in [1.54, 1.807) is 7.11 Å². The smallest absolute Gasteiger partial charge is 0.178 e. The van der Waals surface area contributed by atoms with Gasteiger partial charge in [0.1, 0.15) is 5.00 Å². The van der Waals surface area contributed by atoms with E-state index < -0.39 is 0 Å². The number of ether oxygens (including phenoxy) is 1. The van der Waals surface area contributed by atoms with Crippen LogP contribution in [0.15, 0.2) is 11.6 Å². The van der Waals surface area contributed by atoms with E-state index in [4.69, 9.17) is 10.5 Å². The van der Waals surface area contributed by atoms with Crippen LogP contribution in [0.4, 0.5) is 10.7 Å². The van der Waals surface area contributed by atoms with Crippen molar-refractivity contribution in [2.24, 2.45) is 5.92 Å². The maximum atomic E-state index is 12.1. The minimum absolute atomic E-state index is 0.163. The Morgan fingerprint density at radius 1 is 1.53 bits per heavy atom. The molecule has 1 aromatic heterocycles. The molecule has 1 fully saturated rings. The number of ketones is 1. The van der Waals surface area contributed by atoms with Crippen molar-refractivity contribution >= 4 is 27.8 Å². The lowest BCUT2D eigenvalue weighted by Gasteiger charge is -2.04. The van der Waals surface area contributed by atoms with Gasteiger partial charge in [0.15, 0.2) is 11.5 Å². The number of carbonyl (C=O) groups excluding carboxylic acids is 1. The fourth-order valence-corrected chi connectivity index (χ4v) is 2.93. The van der Waals surface area contributed by atoms with Gasteiger partial charge in [0.2, 0.25) is 0 Å². The lowest BCUT2D eigenvalue weighted by atomic mass is 10.2. The van der Waals surface area contributed by atoms with Crippen molar-refractivity contribution in [3.8, 4) is 5.75 Å². The number of allylic oxidation sites excluding steroid dienone is 1. The molecule has 1 saturated carbocycles. The second-order valence-electron chi connectivity index (χ2n) is 5.01. The van der Waals surface area contributed by atoms with E-state index in [0.717, 1.165) is 17.8 Å². The average Bonchev–Trinajstić information content (AvgIpc) is 3.14. The van der Waals surface area contributed by atoms with E-state index in [2.05, 4.69) is 11.4 Å². The van der Waals surface area contributed by atoms with E-state index in [0.29, 0.717) is 22.9 Å². The van der Waals surface area contributed by atoms with Gasteiger partial charge >= 0.3 is 0 Å². The summed E-state index contributed by atoms with van der Waals surface area (Å²) in [6, 6.07) is 0. The first kappa shape index (κ1) is 13.9. The fourth-order valence-electron chi connectivity index (χ4n) is 1.81. The van der Waals surface area contributed by atoms with Crippen molar-refractivity contribution in [2.45, 2.75) is 26.7 Å². The normalized spacial score (nSPS) is 14.1. The molecule has 3 N–H and O–H groups in total. The Labute approximate surface area is 117 Å². The Morgan fingerprint density at radius 2 is 2.21 bits per heavy atom. The van der Waals surface area contributed by atoms with E-state index >= 15 is 0 Å². The first-order chi connectivity index (χ1) is 9.04. The first-order valence-electron chi connectivity index (χ1n) is 6.42. The zero-order valence-electron chi connectivity index (χ0n) is 11.6. The second kappa shape index (κ2) is 5.65. The minimum Gasteiger partial charge on any atom is -0.492 e. The molecular weight excluding hydrogens is 260 g/mol. The molecule has 0 spiro atoms. The van der Waals surface area contributed by atoms with Gasteiger partial charge in [-0.2, -0.15) is 0 Å². The van der Waals surface area contributed by atoms with Crippen molar-refractivity contribution < 1.29 is 9.53 Å². The highest BCUT2D eigenvalue weighted by Gasteiger charge is 2.34. The minimum atomic E-state index is 0.163. The number of hydrogen-bond acceptors (Lipinski definition) is 5. The first-order valence-corrected chi connectivity index (χ1v) is 7.24. The number of methoxy groups -OCH3 is 1. The van der Waals surface area contributed by atoms with Gasteiger partial charge in [0.25, 0.3) is 0 Å². The molecule has 1 aliphatic rings. The molecule has 1 heterocycles. The molecule has 4 nitrogen and oxygen atoms in total. The quantitative estimate of drug-likeness (QED) is 0.620. The molecule has 0 radical (unpaired) electrons. The Morgan fingerprint density at radius 3 is 2.74 bits per heavy atom. The molecule has 19 heavy (non-hydrogen) atoms. The van der Waals surface area contributed by atoms with Crippen LogP contribution in [-0.4, -0.2) is 19.4 Å². The standard InChI is InChI=1S/C14H20N2O2S/c1-8(2)6-7-16-14-12(18-3)10(15)13(19-14)11(17)9-4-5-9/h6,9,16H,4-5,7,15H2,1-3H3. The number of nitrogens with two attached hydrogens (primary N) is 1.